The van der Waals surface area contributed by atoms with E-state index in [9.17, 15) is 13.6 Å². The van der Waals surface area contributed by atoms with Crippen molar-refractivity contribution in [1.82, 2.24) is 9.80 Å². The van der Waals surface area contributed by atoms with E-state index in [0.717, 1.165) is 43.1 Å². The van der Waals surface area contributed by atoms with Gasteiger partial charge in [0.1, 0.15) is 12.4 Å². The molecular weight excluding hydrogens is 338 g/mol. The minimum Gasteiger partial charge on any atom is -0.492 e. The fourth-order valence-corrected chi connectivity index (χ4v) is 2.99. The topological polar surface area (TPSA) is 32.8 Å². The number of aryl methyl sites for hydroxylation is 1. The molecule has 2 aromatic carbocycles. The first-order valence-corrected chi connectivity index (χ1v) is 8.70. The number of hydrogen-bond acceptors (Lipinski definition) is 3. The van der Waals surface area contributed by atoms with Crippen LogP contribution in [0.1, 0.15) is 15.9 Å². The van der Waals surface area contributed by atoms with Crippen LogP contribution in [0.3, 0.4) is 0 Å². The Labute approximate surface area is 152 Å². The molecule has 1 saturated heterocycles. The SMILES string of the molecule is Cc1ccccc1OCCN1CCN(C(=O)c2ccc(F)c(F)c2)CC1. The number of ether oxygens (including phenoxy) is 1. The molecule has 0 radical (unpaired) electrons. The van der Waals surface area contributed by atoms with Gasteiger partial charge >= 0.3 is 0 Å². The normalized spacial score (nSPS) is 15.1. The zero-order valence-corrected chi connectivity index (χ0v) is 14.8. The Balaban J connectivity index is 1.46. The van der Waals surface area contributed by atoms with Crippen LogP contribution in [0.4, 0.5) is 8.78 Å². The van der Waals surface area contributed by atoms with Crippen LogP contribution in [0.15, 0.2) is 42.5 Å². The van der Waals surface area contributed by atoms with E-state index in [0.29, 0.717) is 19.7 Å². The molecule has 0 bridgehead atoms. The highest BCUT2D eigenvalue weighted by molar-refractivity contribution is 5.94. The first-order valence-electron chi connectivity index (χ1n) is 8.70. The van der Waals surface area contributed by atoms with Gasteiger partial charge in [-0.25, -0.2) is 8.78 Å². The molecule has 0 aromatic heterocycles. The van der Waals surface area contributed by atoms with Crippen LogP contribution in [-0.2, 0) is 0 Å². The van der Waals surface area contributed by atoms with Crippen LogP contribution in [0, 0.1) is 18.6 Å². The lowest BCUT2D eigenvalue weighted by atomic mass is 10.1. The lowest BCUT2D eigenvalue weighted by molar-refractivity contribution is 0.0619. The molecule has 1 aliphatic heterocycles. The molecule has 3 rings (SSSR count). The first-order chi connectivity index (χ1) is 12.5. The third-order valence-corrected chi connectivity index (χ3v) is 4.58. The molecule has 1 aliphatic rings. The van der Waals surface area contributed by atoms with Gasteiger partial charge in [0.2, 0.25) is 0 Å². The summed E-state index contributed by atoms with van der Waals surface area (Å²) in [5, 5.41) is 0. The Morgan fingerprint density at radius 1 is 1.04 bits per heavy atom. The van der Waals surface area contributed by atoms with Crippen molar-refractivity contribution >= 4 is 5.91 Å². The molecule has 0 saturated carbocycles. The third-order valence-electron chi connectivity index (χ3n) is 4.58. The number of benzene rings is 2. The second kappa shape index (κ2) is 8.27. The van der Waals surface area contributed by atoms with Gasteiger partial charge in [0.25, 0.3) is 5.91 Å². The summed E-state index contributed by atoms with van der Waals surface area (Å²) in [5.74, 6) is -1.32. The lowest BCUT2D eigenvalue weighted by Crippen LogP contribution is -2.49. The fraction of sp³-hybridized carbons (Fsp3) is 0.350. The second-order valence-corrected chi connectivity index (χ2v) is 6.38. The Kier molecular flexibility index (Phi) is 5.83. The quantitative estimate of drug-likeness (QED) is 0.821. The van der Waals surface area contributed by atoms with Crippen LogP contribution < -0.4 is 4.74 Å². The van der Waals surface area contributed by atoms with Gasteiger partial charge in [-0.15, -0.1) is 0 Å². The molecule has 1 amide bonds. The second-order valence-electron chi connectivity index (χ2n) is 6.38. The largest absolute Gasteiger partial charge is 0.492 e. The van der Waals surface area contributed by atoms with Gasteiger partial charge in [0.15, 0.2) is 11.6 Å². The van der Waals surface area contributed by atoms with E-state index in [2.05, 4.69) is 4.90 Å². The number of para-hydroxylation sites is 1. The molecule has 1 heterocycles. The number of halogens is 2. The van der Waals surface area contributed by atoms with Crippen molar-refractivity contribution in [2.75, 3.05) is 39.3 Å². The monoisotopic (exact) mass is 360 g/mol. The van der Waals surface area contributed by atoms with Crippen molar-refractivity contribution < 1.29 is 18.3 Å². The molecule has 0 spiro atoms. The predicted molar refractivity (Wildman–Crippen MR) is 95.4 cm³/mol. The van der Waals surface area contributed by atoms with Crippen molar-refractivity contribution in [3.05, 3.63) is 65.2 Å². The molecular formula is C20H22F2N2O2. The summed E-state index contributed by atoms with van der Waals surface area (Å²) in [7, 11) is 0. The molecule has 0 N–H and O–H groups in total. The molecule has 26 heavy (non-hydrogen) atoms. The van der Waals surface area contributed by atoms with Crippen molar-refractivity contribution in [1.29, 1.82) is 0 Å². The minimum absolute atomic E-state index is 0.181. The van der Waals surface area contributed by atoms with Crippen molar-refractivity contribution in [3.63, 3.8) is 0 Å². The Morgan fingerprint density at radius 3 is 2.46 bits per heavy atom. The number of amides is 1. The van der Waals surface area contributed by atoms with Gasteiger partial charge < -0.3 is 9.64 Å². The molecule has 4 nitrogen and oxygen atoms in total. The maximum atomic E-state index is 13.3. The Hall–Kier alpha value is -2.47. The lowest BCUT2D eigenvalue weighted by Gasteiger charge is -2.34. The van der Waals surface area contributed by atoms with Gasteiger partial charge in [-0.05, 0) is 36.8 Å². The summed E-state index contributed by atoms with van der Waals surface area (Å²) < 4.78 is 32.1. The zero-order valence-electron chi connectivity index (χ0n) is 14.8. The average Bonchev–Trinajstić information content (AvgIpc) is 2.65. The number of carbonyl (C=O) groups is 1. The first kappa shape index (κ1) is 18.3. The number of carbonyl (C=O) groups excluding carboxylic acids is 1. The summed E-state index contributed by atoms with van der Waals surface area (Å²) in [6, 6.07) is 11.2. The maximum Gasteiger partial charge on any atom is 0.254 e. The van der Waals surface area contributed by atoms with Crippen molar-refractivity contribution in [2.24, 2.45) is 0 Å². The van der Waals surface area contributed by atoms with E-state index in [1.807, 2.05) is 31.2 Å². The number of rotatable bonds is 5. The summed E-state index contributed by atoms with van der Waals surface area (Å²) >= 11 is 0. The number of hydrogen-bond donors (Lipinski definition) is 0. The fourth-order valence-electron chi connectivity index (χ4n) is 2.99. The summed E-state index contributed by atoms with van der Waals surface area (Å²) in [6.45, 7) is 5.95. The summed E-state index contributed by atoms with van der Waals surface area (Å²) in [5.41, 5.74) is 1.29. The summed E-state index contributed by atoms with van der Waals surface area (Å²) in [4.78, 5) is 16.3. The zero-order chi connectivity index (χ0) is 18.5. The number of piperazine rings is 1. The molecule has 6 heteroatoms. The van der Waals surface area contributed by atoms with Crippen LogP contribution in [0.25, 0.3) is 0 Å². The van der Waals surface area contributed by atoms with Crippen LogP contribution >= 0.6 is 0 Å². The van der Waals surface area contributed by atoms with Crippen molar-refractivity contribution in [2.45, 2.75) is 6.92 Å². The minimum atomic E-state index is -0.997. The van der Waals surface area contributed by atoms with E-state index in [1.165, 1.54) is 6.07 Å². The average molecular weight is 360 g/mol. The molecule has 138 valence electrons. The van der Waals surface area contributed by atoms with E-state index >= 15 is 0 Å². The van der Waals surface area contributed by atoms with Gasteiger partial charge in [-0.2, -0.15) is 0 Å². The highest BCUT2D eigenvalue weighted by Crippen LogP contribution is 2.16. The van der Waals surface area contributed by atoms with Gasteiger partial charge in [0.05, 0.1) is 0 Å². The number of nitrogens with zero attached hydrogens (tertiary/aromatic N) is 2. The Bertz CT molecular complexity index is 774. The standard InChI is InChI=1S/C20H22F2N2O2/c1-15-4-2-3-5-19(15)26-13-12-23-8-10-24(11-9-23)20(25)16-6-7-17(21)18(22)14-16/h2-7,14H,8-13H2,1H3. The van der Waals surface area contributed by atoms with Crippen LogP contribution in [0.5, 0.6) is 5.75 Å². The summed E-state index contributed by atoms with van der Waals surface area (Å²) in [6.07, 6.45) is 0. The molecule has 1 fully saturated rings. The van der Waals surface area contributed by atoms with Gasteiger partial charge in [0, 0.05) is 38.3 Å². The maximum absolute atomic E-state index is 13.3. The smallest absolute Gasteiger partial charge is 0.254 e. The highest BCUT2D eigenvalue weighted by atomic mass is 19.2. The highest BCUT2D eigenvalue weighted by Gasteiger charge is 2.22. The van der Waals surface area contributed by atoms with E-state index in [4.69, 9.17) is 4.74 Å². The van der Waals surface area contributed by atoms with Gasteiger partial charge in [-0.3, -0.25) is 9.69 Å². The van der Waals surface area contributed by atoms with E-state index in [-0.39, 0.29) is 11.5 Å². The van der Waals surface area contributed by atoms with Gasteiger partial charge in [-0.1, -0.05) is 18.2 Å². The van der Waals surface area contributed by atoms with E-state index < -0.39 is 11.6 Å². The van der Waals surface area contributed by atoms with E-state index in [1.54, 1.807) is 4.90 Å². The molecule has 0 unspecified atom stereocenters. The Morgan fingerprint density at radius 2 is 1.77 bits per heavy atom. The van der Waals surface area contributed by atoms with Crippen LogP contribution in [0.2, 0.25) is 0 Å². The molecule has 2 aromatic rings. The molecule has 0 atom stereocenters. The van der Waals surface area contributed by atoms with Crippen LogP contribution in [-0.4, -0.2) is 55.0 Å². The predicted octanol–water partition coefficient (Wildman–Crippen LogP) is 3.11. The molecule has 0 aliphatic carbocycles. The third kappa shape index (κ3) is 4.38. The van der Waals surface area contributed by atoms with Crippen molar-refractivity contribution in [3.8, 4) is 5.75 Å².